The fraction of sp³-hybridized carbons (Fsp3) is 0.636. The molecule has 0 aliphatic carbocycles. The third-order valence-corrected chi connectivity index (χ3v) is 4.37. The molecule has 1 aromatic rings. The average molecular weight is 353 g/mol. The number of rotatable bonds is 5. The quantitative estimate of drug-likeness (QED) is 0.824. The average Bonchev–Trinajstić information content (AvgIpc) is 2.85. The second-order valence-corrected chi connectivity index (χ2v) is 5.51. The highest BCUT2D eigenvalue weighted by molar-refractivity contribution is 9.13. The fourth-order valence-corrected chi connectivity index (χ4v) is 2.48. The molecule has 1 unspecified atom stereocenters. The van der Waals surface area contributed by atoms with Crippen LogP contribution in [0, 0.1) is 0 Å². The van der Waals surface area contributed by atoms with E-state index < -0.39 is 0 Å². The molecule has 1 fully saturated rings. The van der Waals surface area contributed by atoms with Gasteiger partial charge in [0.2, 0.25) is 0 Å². The standard InChI is InChI=1S/C11H15Br2NO2/c12-10-6-9(16-11(10)13)7-14-4-3-8-2-1-5-15-8/h6,8,14H,1-5,7H2. The van der Waals surface area contributed by atoms with Gasteiger partial charge in [-0.25, -0.2) is 0 Å². The van der Waals surface area contributed by atoms with Crippen LogP contribution in [-0.4, -0.2) is 19.3 Å². The molecule has 0 radical (unpaired) electrons. The highest BCUT2D eigenvalue weighted by Crippen LogP contribution is 2.26. The molecule has 2 heterocycles. The van der Waals surface area contributed by atoms with Crippen molar-refractivity contribution >= 4 is 31.9 Å². The third kappa shape index (κ3) is 3.58. The fourth-order valence-electron chi connectivity index (χ4n) is 1.83. The van der Waals surface area contributed by atoms with Gasteiger partial charge in [0.1, 0.15) is 5.76 Å². The molecule has 1 aromatic heterocycles. The Kier molecular flexibility index (Phi) is 4.88. The lowest BCUT2D eigenvalue weighted by atomic mass is 10.2. The van der Waals surface area contributed by atoms with E-state index in [0.29, 0.717) is 6.10 Å². The number of halogens is 2. The summed E-state index contributed by atoms with van der Waals surface area (Å²) in [5, 5.41) is 3.35. The largest absolute Gasteiger partial charge is 0.452 e. The topological polar surface area (TPSA) is 34.4 Å². The van der Waals surface area contributed by atoms with Crippen molar-refractivity contribution in [2.75, 3.05) is 13.2 Å². The minimum absolute atomic E-state index is 0.461. The van der Waals surface area contributed by atoms with Crippen molar-refractivity contribution in [2.45, 2.75) is 31.9 Å². The molecular weight excluding hydrogens is 338 g/mol. The molecule has 1 N–H and O–H groups in total. The molecule has 1 atom stereocenters. The number of ether oxygens (including phenoxy) is 1. The zero-order chi connectivity index (χ0) is 11.4. The van der Waals surface area contributed by atoms with Gasteiger partial charge in [0, 0.05) is 6.61 Å². The Morgan fingerprint density at radius 2 is 2.31 bits per heavy atom. The highest BCUT2D eigenvalue weighted by atomic mass is 79.9. The number of hydrogen-bond donors (Lipinski definition) is 1. The van der Waals surface area contributed by atoms with E-state index in [9.17, 15) is 0 Å². The van der Waals surface area contributed by atoms with Gasteiger partial charge in [-0.3, -0.25) is 0 Å². The molecule has 0 amide bonds. The summed E-state index contributed by atoms with van der Waals surface area (Å²) >= 11 is 6.71. The first-order valence-corrected chi connectivity index (χ1v) is 7.10. The summed E-state index contributed by atoms with van der Waals surface area (Å²) in [5.74, 6) is 0.936. The monoisotopic (exact) mass is 351 g/mol. The van der Waals surface area contributed by atoms with Crippen molar-refractivity contribution in [1.29, 1.82) is 0 Å². The van der Waals surface area contributed by atoms with Crippen LogP contribution in [-0.2, 0) is 11.3 Å². The summed E-state index contributed by atoms with van der Waals surface area (Å²) < 4.78 is 12.7. The van der Waals surface area contributed by atoms with Crippen LogP contribution in [0.5, 0.6) is 0 Å². The SMILES string of the molecule is Brc1cc(CNCCC2CCCO2)oc1Br. The molecular formula is C11H15Br2NO2. The summed E-state index contributed by atoms with van der Waals surface area (Å²) in [6.45, 7) is 2.67. The Hall–Kier alpha value is 0.160. The predicted octanol–water partition coefficient (Wildman–Crippen LogP) is 3.46. The Bertz CT molecular complexity index is 315. The van der Waals surface area contributed by atoms with E-state index >= 15 is 0 Å². The smallest absolute Gasteiger partial charge is 0.183 e. The second-order valence-electron chi connectivity index (χ2n) is 3.93. The summed E-state index contributed by atoms with van der Waals surface area (Å²) in [6, 6.07) is 1.98. The zero-order valence-corrected chi connectivity index (χ0v) is 12.1. The molecule has 1 saturated heterocycles. The second kappa shape index (κ2) is 6.19. The number of nitrogens with one attached hydrogen (secondary N) is 1. The van der Waals surface area contributed by atoms with Gasteiger partial charge < -0.3 is 14.5 Å². The minimum Gasteiger partial charge on any atom is -0.452 e. The maximum atomic E-state index is 5.55. The molecule has 0 bridgehead atoms. The summed E-state index contributed by atoms with van der Waals surface area (Å²) in [5.41, 5.74) is 0. The molecule has 5 heteroatoms. The van der Waals surface area contributed by atoms with Crippen LogP contribution in [0.3, 0.4) is 0 Å². The van der Waals surface area contributed by atoms with Gasteiger partial charge in [-0.15, -0.1) is 0 Å². The van der Waals surface area contributed by atoms with Crippen molar-refractivity contribution in [3.63, 3.8) is 0 Å². The summed E-state index contributed by atoms with van der Waals surface area (Å²) in [7, 11) is 0. The van der Waals surface area contributed by atoms with Gasteiger partial charge in [-0.05, 0) is 63.7 Å². The molecule has 16 heavy (non-hydrogen) atoms. The Labute approximate surface area is 112 Å². The molecule has 2 rings (SSSR count). The number of hydrogen-bond acceptors (Lipinski definition) is 3. The maximum Gasteiger partial charge on any atom is 0.183 e. The molecule has 1 aliphatic heterocycles. The lowest BCUT2D eigenvalue weighted by Gasteiger charge is -2.08. The van der Waals surface area contributed by atoms with Crippen molar-refractivity contribution < 1.29 is 9.15 Å². The third-order valence-electron chi connectivity index (χ3n) is 2.66. The van der Waals surface area contributed by atoms with E-state index in [0.717, 1.165) is 41.0 Å². The molecule has 3 nitrogen and oxygen atoms in total. The van der Waals surface area contributed by atoms with Crippen LogP contribution >= 0.6 is 31.9 Å². The van der Waals surface area contributed by atoms with E-state index in [1.54, 1.807) is 0 Å². The molecule has 0 aromatic carbocycles. The number of furan rings is 1. The van der Waals surface area contributed by atoms with Crippen LogP contribution in [0.2, 0.25) is 0 Å². The van der Waals surface area contributed by atoms with E-state index in [1.165, 1.54) is 12.8 Å². The van der Waals surface area contributed by atoms with Crippen LogP contribution in [0.25, 0.3) is 0 Å². The first-order valence-electron chi connectivity index (χ1n) is 5.52. The van der Waals surface area contributed by atoms with Gasteiger partial charge in [-0.2, -0.15) is 0 Å². The maximum absolute atomic E-state index is 5.55. The normalized spacial score (nSPS) is 20.5. The van der Waals surface area contributed by atoms with Crippen molar-refractivity contribution in [1.82, 2.24) is 5.32 Å². The van der Waals surface area contributed by atoms with E-state index in [2.05, 4.69) is 37.2 Å². The first-order chi connectivity index (χ1) is 7.75. The zero-order valence-electron chi connectivity index (χ0n) is 8.97. The van der Waals surface area contributed by atoms with Gasteiger partial charge in [-0.1, -0.05) is 0 Å². The van der Waals surface area contributed by atoms with Gasteiger partial charge in [0.15, 0.2) is 4.67 Å². The van der Waals surface area contributed by atoms with E-state index in [1.807, 2.05) is 6.07 Å². The predicted molar refractivity (Wildman–Crippen MR) is 69.4 cm³/mol. The van der Waals surface area contributed by atoms with Crippen molar-refractivity contribution in [2.24, 2.45) is 0 Å². The van der Waals surface area contributed by atoms with E-state index in [-0.39, 0.29) is 0 Å². The molecule has 0 spiro atoms. The minimum atomic E-state index is 0.461. The van der Waals surface area contributed by atoms with Crippen LogP contribution < -0.4 is 5.32 Å². The molecule has 1 aliphatic rings. The molecule has 0 saturated carbocycles. The summed E-state index contributed by atoms with van der Waals surface area (Å²) in [6.07, 6.45) is 3.97. The Morgan fingerprint density at radius 3 is 2.94 bits per heavy atom. The van der Waals surface area contributed by atoms with E-state index in [4.69, 9.17) is 9.15 Å². The lowest BCUT2D eigenvalue weighted by molar-refractivity contribution is 0.104. The molecule has 90 valence electrons. The Morgan fingerprint density at radius 1 is 1.44 bits per heavy atom. The first kappa shape index (κ1) is 12.6. The van der Waals surface area contributed by atoms with Crippen LogP contribution in [0.1, 0.15) is 25.0 Å². The van der Waals surface area contributed by atoms with Crippen molar-refractivity contribution in [3.8, 4) is 0 Å². The van der Waals surface area contributed by atoms with Gasteiger partial charge in [0.05, 0.1) is 17.1 Å². The van der Waals surface area contributed by atoms with Gasteiger partial charge in [0.25, 0.3) is 0 Å². The Balaban J connectivity index is 1.64. The highest BCUT2D eigenvalue weighted by Gasteiger charge is 2.14. The van der Waals surface area contributed by atoms with Crippen LogP contribution in [0.4, 0.5) is 0 Å². The van der Waals surface area contributed by atoms with Crippen molar-refractivity contribution in [3.05, 3.63) is 21.0 Å². The summed E-state index contributed by atoms with van der Waals surface area (Å²) in [4.78, 5) is 0. The van der Waals surface area contributed by atoms with Gasteiger partial charge >= 0.3 is 0 Å². The van der Waals surface area contributed by atoms with Crippen LogP contribution in [0.15, 0.2) is 19.6 Å². The lowest BCUT2D eigenvalue weighted by Crippen LogP contribution is -2.19.